The van der Waals surface area contributed by atoms with Crippen molar-refractivity contribution in [3.05, 3.63) is 22.7 Å². The van der Waals surface area contributed by atoms with Crippen LogP contribution in [-0.4, -0.2) is 37.6 Å². The number of nitrogen functional groups attached to an aromatic ring is 1. The molecule has 2 rings (SSSR count). The Morgan fingerprint density at radius 3 is 2.61 bits per heavy atom. The van der Waals surface area contributed by atoms with Gasteiger partial charge in [0.15, 0.2) is 0 Å². The summed E-state index contributed by atoms with van der Waals surface area (Å²) in [6.07, 6.45) is 2.47. The van der Waals surface area contributed by atoms with Gasteiger partial charge >= 0.3 is 0 Å². The first-order valence-electron chi connectivity index (χ1n) is 6.62. The van der Waals surface area contributed by atoms with Crippen LogP contribution in [0.3, 0.4) is 0 Å². The fourth-order valence-corrected chi connectivity index (χ4v) is 3.30. The van der Waals surface area contributed by atoms with E-state index in [9.17, 15) is 0 Å². The molecule has 100 valence electrons. The minimum atomic E-state index is 0.632. The summed E-state index contributed by atoms with van der Waals surface area (Å²) in [7, 11) is 2.18. The van der Waals surface area contributed by atoms with Crippen LogP contribution in [0.4, 0.5) is 11.4 Å². The largest absolute Gasteiger partial charge is 0.399 e. The molecule has 0 atom stereocenters. The zero-order valence-electron chi connectivity index (χ0n) is 11.2. The molecule has 1 fully saturated rings. The van der Waals surface area contributed by atoms with Gasteiger partial charge in [-0.15, -0.1) is 0 Å². The van der Waals surface area contributed by atoms with Crippen molar-refractivity contribution in [3.63, 3.8) is 0 Å². The van der Waals surface area contributed by atoms with E-state index in [4.69, 9.17) is 5.73 Å². The number of nitrogens with two attached hydrogens (primary N) is 1. The lowest BCUT2D eigenvalue weighted by Gasteiger charge is -2.37. The Labute approximate surface area is 118 Å². The predicted octanol–water partition coefficient (Wildman–Crippen LogP) is 2.95. The fraction of sp³-hybridized carbons (Fsp3) is 0.571. The number of benzene rings is 1. The maximum absolute atomic E-state index is 5.79. The van der Waals surface area contributed by atoms with Gasteiger partial charge in [-0.25, -0.2) is 0 Å². The van der Waals surface area contributed by atoms with Gasteiger partial charge in [-0.1, -0.05) is 6.92 Å². The van der Waals surface area contributed by atoms with Crippen molar-refractivity contribution in [2.45, 2.75) is 25.8 Å². The maximum atomic E-state index is 5.79. The van der Waals surface area contributed by atoms with Gasteiger partial charge in [0.25, 0.3) is 0 Å². The van der Waals surface area contributed by atoms with E-state index < -0.39 is 0 Å². The van der Waals surface area contributed by atoms with Gasteiger partial charge in [0, 0.05) is 36.3 Å². The quantitative estimate of drug-likeness (QED) is 0.871. The molecule has 18 heavy (non-hydrogen) atoms. The van der Waals surface area contributed by atoms with Gasteiger partial charge in [0.1, 0.15) is 0 Å². The number of nitrogens with zero attached hydrogens (tertiary/aromatic N) is 2. The summed E-state index contributed by atoms with van der Waals surface area (Å²) < 4.78 is 1.09. The predicted molar refractivity (Wildman–Crippen MR) is 82.1 cm³/mol. The molecule has 1 aromatic rings. The van der Waals surface area contributed by atoms with Crippen LogP contribution in [0.1, 0.15) is 19.8 Å². The molecule has 0 bridgehead atoms. The molecule has 1 aromatic carbocycles. The van der Waals surface area contributed by atoms with Crippen molar-refractivity contribution in [2.24, 2.45) is 0 Å². The highest BCUT2D eigenvalue weighted by atomic mass is 79.9. The first-order chi connectivity index (χ1) is 8.61. The van der Waals surface area contributed by atoms with Crippen molar-refractivity contribution in [3.8, 4) is 0 Å². The number of hydrogen-bond donors (Lipinski definition) is 1. The minimum Gasteiger partial charge on any atom is -0.399 e. The lowest BCUT2D eigenvalue weighted by molar-refractivity contribution is 0.221. The number of rotatable bonds is 3. The van der Waals surface area contributed by atoms with Crippen LogP contribution >= 0.6 is 15.9 Å². The summed E-state index contributed by atoms with van der Waals surface area (Å²) in [4.78, 5) is 4.90. The molecule has 4 heteroatoms. The molecule has 1 aliphatic heterocycles. The third-order valence-corrected chi connectivity index (χ3v) is 4.54. The third kappa shape index (κ3) is 2.98. The van der Waals surface area contributed by atoms with Crippen LogP contribution in [0.15, 0.2) is 22.7 Å². The Kier molecular flexibility index (Phi) is 4.51. The van der Waals surface area contributed by atoms with Crippen molar-refractivity contribution in [2.75, 3.05) is 37.3 Å². The molecule has 1 saturated heterocycles. The van der Waals surface area contributed by atoms with Crippen LogP contribution in [0.5, 0.6) is 0 Å². The molecule has 3 nitrogen and oxygen atoms in total. The molecular formula is C14H22BrN3. The summed E-state index contributed by atoms with van der Waals surface area (Å²) in [6, 6.07) is 6.68. The van der Waals surface area contributed by atoms with E-state index in [1.165, 1.54) is 38.2 Å². The highest BCUT2D eigenvalue weighted by molar-refractivity contribution is 9.10. The van der Waals surface area contributed by atoms with Crippen LogP contribution < -0.4 is 10.6 Å². The number of halogens is 1. The monoisotopic (exact) mass is 311 g/mol. The molecule has 0 aliphatic carbocycles. The van der Waals surface area contributed by atoms with Gasteiger partial charge in [-0.05, 0) is 53.5 Å². The van der Waals surface area contributed by atoms with Crippen molar-refractivity contribution in [1.82, 2.24) is 4.90 Å². The molecule has 0 aromatic heterocycles. The summed E-state index contributed by atoms with van der Waals surface area (Å²) in [5, 5.41) is 0. The average molecular weight is 312 g/mol. The molecule has 1 heterocycles. The van der Waals surface area contributed by atoms with Crippen LogP contribution in [-0.2, 0) is 0 Å². The normalized spacial score (nSPS) is 17.9. The van der Waals surface area contributed by atoms with Crippen molar-refractivity contribution < 1.29 is 0 Å². The number of piperidine rings is 1. The molecule has 0 radical (unpaired) electrons. The summed E-state index contributed by atoms with van der Waals surface area (Å²) in [6.45, 7) is 5.82. The van der Waals surface area contributed by atoms with E-state index in [0.29, 0.717) is 6.04 Å². The first-order valence-corrected chi connectivity index (χ1v) is 7.41. The lowest BCUT2D eigenvalue weighted by atomic mass is 10.0. The lowest BCUT2D eigenvalue weighted by Crippen LogP contribution is -2.43. The molecular weight excluding hydrogens is 290 g/mol. The third-order valence-electron chi connectivity index (χ3n) is 3.90. The molecule has 0 saturated carbocycles. The van der Waals surface area contributed by atoms with Gasteiger partial charge in [-0.3, -0.25) is 0 Å². The van der Waals surface area contributed by atoms with Gasteiger partial charge < -0.3 is 15.5 Å². The van der Waals surface area contributed by atoms with E-state index in [0.717, 1.165) is 10.2 Å². The summed E-state index contributed by atoms with van der Waals surface area (Å²) in [5.41, 5.74) is 7.83. The summed E-state index contributed by atoms with van der Waals surface area (Å²) >= 11 is 3.61. The highest BCUT2D eigenvalue weighted by Crippen LogP contribution is 2.30. The van der Waals surface area contributed by atoms with Crippen molar-refractivity contribution in [1.29, 1.82) is 0 Å². The van der Waals surface area contributed by atoms with Gasteiger partial charge in [-0.2, -0.15) is 0 Å². The van der Waals surface area contributed by atoms with Gasteiger partial charge in [0.2, 0.25) is 0 Å². The Morgan fingerprint density at radius 1 is 1.39 bits per heavy atom. The second-order valence-corrected chi connectivity index (χ2v) is 5.84. The smallest absolute Gasteiger partial charge is 0.0512 e. The van der Waals surface area contributed by atoms with E-state index in [1.54, 1.807) is 0 Å². The maximum Gasteiger partial charge on any atom is 0.0512 e. The van der Waals surface area contributed by atoms with Crippen LogP contribution in [0.2, 0.25) is 0 Å². The topological polar surface area (TPSA) is 32.5 Å². The highest BCUT2D eigenvalue weighted by Gasteiger charge is 2.22. The zero-order valence-corrected chi connectivity index (χ0v) is 12.8. The second kappa shape index (κ2) is 5.93. The van der Waals surface area contributed by atoms with Crippen LogP contribution in [0.25, 0.3) is 0 Å². The number of likely N-dealkylation sites (tertiary alicyclic amines) is 1. The molecule has 0 unspecified atom stereocenters. The Morgan fingerprint density at radius 2 is 2.06 bits per heavy atom. The van der Waals surface area contributed by atoms with E-state index in [-0.39, 0.29) is 0 Å². The molecule has 0 spiro atoms. The zero-order chi connectivity index (χ0) is 13.1. The average Bonchev–Trinajstić information content (AvgIpc) is 2.38. The first kappa shape index (κ1) is 13.7. The number of anilines is 2. The molecule has 1 aliphatic rings. The molecule has 2 N–H and O–H groups in total. The second-order valence-electron chi connectivity index (χ2n) is 4.99. The van der Waals surface area contributed by atoms with E-state index in [2.05, 4.69) is 45.8 Å². The Balaban J connectivity index is 2.05. The molecule has 0 amide bonds. The van der Waals surface area contributed by atoms with Crippen LogP contribution in [0, 0.1) is 0 Å². The Hall–Kier alpha value is -0.740. The number of hydrogen-bond acceptors (Lipinski definition) is 3. The Bertz CT molecular complexity index is 400. The van der Waals surface area contributed by atoms with Crippen molar-refractivity contribution >= 4 is 27.3 Å². The fourth-order valence-electron chi connectivity index (χ4n) is 2.63. The SMILES string of the molecule is CCN1CCC(N(C)c2ccc(N)cc2Br)CC1. The van der Waals surface area contributed by atoms with E-state index >= 15 is 0 Å². The van der Waals surface area contributed by atoms with Gasteiger partial charge in [0.05, 0.1) is 5.69 Å². The minimum absolute atomic E-state index is 0.632. The standard InChI is InChI=1S/C14H22BrN3/c1-3-18-8-6-12(7-9-18)17(2)14-5-4-11(16)10-13(14)15/h4-5,10,12H,3,6-9,16H2,1-2H3. The van der Waals surface area contributed by atoms with E-state index in [1.807, 2.05) is 12.1 Å². The summed E-state index contributed by atoms with van der Waals surface area (Å²) in [5.74, 6) is 0.